The second-order valence-corrected chi connectivity index (χ2v) is 9.65. The minimum Gasteiger partial charge on any atom is -0.467 e. The molecule has 0 fully saturated rings. The summed E-state index contributed by atoms with van der Waals surface area (Å²) in [6.07, 6.45) is 5.97. The van der Waals surface area contributed by atoms with Crippen LogP contribution in [0.1, 0.15) is 56.2 Å². The SMILES string of the molecule is CCCC1(CCC)C(c2ccccc2)=N[C@@]2(c3ccccc3)C=C(c3ccccc3)O[C@@]12Cl. The van der Waals surface area contributed by atoms with Gasteiger partial charge in [-0.1, -0.05) is 129 Å². The predicted octanol–water partition coefficient (Wildman–Crippen LogP) is 7.98. The van der Waals surface area contributed by atoms with Gasteiger partial charge in [0.2, 0.25) is 5.06 Å². The van der Waals surface area contributed by atoms with Crippen LogP contribution in [0, 0.1) is 5.41 Å². The van der Waals surface area contributed by atoms with Gasteiger partial charge in [0.05, 0.1) is 11.1 Å². The van der Waals surface area contributed by atoms with Crippen molar-refractivity contribution in [1.82, 2.24) is 0 Å². The number of hydrogen-bond donors (Lipinski definition) is 0. The molecule has 2 atom stereocenters. The van der Waals surface area contributed by atoms with Gasteiger partial charge in [-0.3, -0.25) is 4.99 Å². The maximum atomic E-state index is 7.84. The number of rotatable bonds is 7. The summed E-state index contributed by atoms with van der Waals surface area (Å²) in [6.45, 7) is 4.45. The molecule has 0 unspecified atom stereocenters. The number of fused-ring (bicyclic) bond motifs is 1. The van der Waals surface area contributed by atoms with Crippen molar-refractivity contribution < 1.29 is 4.74 Å². The lowest BCUT2D eigenvalue weighted by molar-refractivity contribution is 0.00524. The quantitative estimate of drug-likeness (QED) is 0.331. The molecule has 2 aliphatic heterocycles. The molecular weight excluding hydrogens is 426 g/mol. The third-order valence-electron chi connectivity index (χ3n) is 7.11. The number of aliphatic imine (C=N–C) groups is 1. The fourth-order valence-electron chi connectivity index (χ4n) is 5.79. The maximum Gasteiger partial charge on any atom is 0.226 e. The van der Waals surface area contributed by atoms with Gasteiger partial charge in [-0.05, 0) is 30.0 Å². The standard InChI is InChI=1S/C30H30ClNO/c1-3-20-28(21-4-2)27(24-16-10-6-11-17-24)32-29(25-18-12-7-13-19-25)22-26(33-30(28,29)31)23-14-8-5-9-15-23/h5-19,22H,3-4,20-21H2,1-2H3/t29-,30+/m1/s1. The molecule has 0 amide bonds. The van der Waals surface area contributed by atoms with Crippen molar-refractivity contribution in [3.05, 3.63) is 114 Å². The van der Waals surface area contributed by atoms with Gasteiger partial charge in [0.25, 0.3) is 0 Å². The van der Waals surface area contributed by atoms with Gasteiger partial charge in [-0.2, -0.15) is 0 Å². The Bertz CT molecular complexity index is 1170. The Labute approximate surface area is 202 Å². The molecule has 0 N–H and O–H groups in total. The molecule has 5 rings (SSSR count). The summed E-state index contributed by atoms with van der Waals surface area (Å²) in [6, 6.07) is 31.2. The molecule has 2 aliphatic rings. The first-order valence-corrected chi connectivity index (χ1v) is 12.4. The van der Waals surface area contributed by atoms with Crippen LogP contribution in [-0.4, -0.2) is 10.8 Å². The van der Waals surface area contributed by atoms with Crippen LogP contribution in [0.4, 0.5) is 0 Å². The molecule has 3 aromatic rings. The van der Waals surface area contributed by atoms with E-state index in [1.807, 2.05) is 24.3 Å². The Morgan fingerprint density at radius 2 is 1.24 bits per heavy atom. The highest BCUT2D eigenvalue weighted by Crippen LogP contribution is 2.67. The van der Waals surface area contributed by atoms with Crippen molar-refractivity contribution in [3.8, 4) is 0 Å². The second-order valence-electron chi connectivity index (χ2n) is 9.11. The van der Waals surface area contributed by atoms with Gasteiger partial charge in [-0.25, -0.2) is 0 Å². The Morgan fingerprint density at radius 3 is 1.79 bits per heavy atom. The summed E-state index contributed by atoms with van der Waals surface area (Å²) in [4.78, 5) is 5.54. The van der Waals surface area contributed by atoms with Crippen LogP contribution in [0.3, 0.4) is 0 Å². The van der Waals surface area contributed by atoms with Crippen LogP contribution in [0.15, 0.2) is 102 Å². The Balaban J connectivity index is 1.82. The van der Waals surface area contributed by atoms with Gasteiger partial charge in [0.1, 0.15) is 5.76 Å². The van der Waals surface area contributed by atoms with Gasteiger partial charge >= 0.3 is 0 Å². The van der Waals surface area contributed by atoms with Crippen LogP contribution in [0.5, 0.6) is 0 Å². The van der Waals surface area contributed by atoms with E-state index < -0.39 is 16.0 Å². The number of nitrogens with zero attached hydrogens (tertiary/aromatic N) is 1. The van der Waals surface area contributed by atoms with Gasteiger partial charge in [-0.15, -0.1) is 0 Å². The van der Waals surface area contributed by atoms with Crippen molar-refractivity contribution in [2.45, 2.75) is 50.1 Å². The van der Waals surface area contributed by atoms with E-state index in [0.29, 0.717) is 0 Å². The first-order chi connectivity index (χ1) is 16.1. The second kappa shape index (κ2) is 8.50. The van der Waals surface area contributed by atoms with E-state index >= 15 is 0 Å². The average Bonchev–Trinajstić information content (AvgIpc) is 3.28. The van der Waals surface area contributed by atoms with E-state index in [0.717, 1.165) is 53.8 Å². The molecule has 0 radical (unpaired) electrons. The third-order valence-corrected chi connectivity index (χ3v) is 7.84. The summed E-state index contributed by atoms with van der Waals surface area (Å²) in [5.41, 5.74) is 3.05. The molecule has 0 aliphatic carbocycles. The van der Waals surface area contributed by atoms with Crippen LogP contribution < -0.4 is 0 Å². The summed E-state index contributed by atoms with van der Waals surface area (Å²) in [5, 5.41) is -1.05. The van der Waals surface area contributed by atoms with Crippen molar-refractivity contribution >= 4 is 23.1 Å². The normalized spacial score (nSPS) is 25.2. The lowest BCUT2D eigenvalue weighted by atomic mass is 9.65. The minimum atomic E-state index is -1.05. The molecular formula is C30H30ClNO. The van der Waals surface area contributed by atoms with Gasteiger partial charge in [0, 0.05) is 5.56 Å². The number of benzene rings is 3. The summed E-state index contributed by atoms with van der Waals surface area (Å²) >= 11 is 7.84. The zero-order valence-electron chi connectivity index (χ0n) is 19.3. The van der Waals surface area contributed by atoms with E-state index in [1.54, 1.807) is 0 Å². The Kier molecular flexibility index (Phi) is 5.66. The highest BCUT2D eigenvalue weighted by Gasteiger charge is 2.73. The molecule has 0 spiro atoms. The van der Waals surface area contributed by atoms with E-state index in [4.69, 9.17) is 21.3 Å². The molecule has 168 valence electrons. The zero-order chi connectivity index (χ0) is 22.9. The summed E-state index contributed by atoms with van der Waals surface area (Å²) in [7, 11) is 0. The molecule has 3 aromatic carbocycles. The minimum absolute atomic E-state index is 0.428. The van der Waals surface area contributed by atoms with Crippen molar-refractivity contribution in [2.24, 2.45) is 10.4 Å². The molecule has 2 nitrogen and oxygen atoms in total. The Hall–Kier alpha value is -2.84. The zero-order valence-corrected chi connectivity index (χ0v) is 20.1. The fraction of sp³-hybridized carbons (Fsp3) is 0.300. The fourth-order valence-corrected chi connectivity index (χ4v) is 6.36. The van der Waals surface area contributed by atoms with Gasteiger partial charge < -0.3 is 4.74 Å². The van der Waals surface area contributed by atoms with Crippen LogP contribution in [0.2, 0.25) is 0 Å². The highest BCUT2D eigenvalue weighted by atomic mass is 35.5. The maximum absolute atomic E-state index is 7.84. The van der Waals surface area contributed by atoms with Crippen LogP contribution in [0.25, 0.3) is 5.76 Å². The average molecular weight is 456 g/mol. The van der Waals surface area contributed by atoms with E-state index in [9.17, 15) is 0 Å². The number of alkyl halides is 1. The molecule has 0 saturated carbocycles. The lowest BCUT2D eigenvalue weighted by Gasteiger charge is -2.45. The monoisotopic (exact) mass is 455 g/mol. The lowest BCUT2D eigenvalue weighted by Crippen LogP contribution is -2.53. The van der Waals surface area contributed by atoms with Crippen molar-refractivity contribution in [3.63, 3.8) is 0 Å². The van der Waals surface area contributed by atoms with E-state index in [2.05, 4.69) is 86.7 Å². The first kappa shape index (κ1) is 22.0. The molecule has 0 saturated heterocycles. The number of hydrogen-bond acceptors (Lipinski definition) is 2. The molecule has 0 aromatic heterocycles. The molecule has 33 heavy (non-hydrogen) atoms. The topological polar surface area (TPSA) is 21.6 Å². The summed E-state index contributed by atoms with van der Waals surface area (Å²) in [5.74, 6) is 0.807. The highest BCUT2D eigenvalue weighted by molar-refractivity contribution is 6.30. The van der Waals surface area contributed by atoms with E-state index in [1.165, 1.54) is 0 Å². The van der Waals surface area contributed by atoms with Crippen LogP contribution in [-0.2, 0) is 10.3 Å². The third kappa shape index (κ3) is 3.19. The van der Waals surface area contributed by atoms with E-state index in [-0.39, 0.29) is 0 Å². The molecule has 0 bridgehead atoms. The largest absolute Gasteiger partial charge is 0.467 e. The molecule has 3 heteroatoms. The smallest absolute Gasteiger partial charge is 0.226 e. The summed E-state index contributed by atoms with van der Waals surface area (Å²) < 4.78 is 6.90. The predicted molar refractivity (Wildman–Crippen MR) is 137 cm³/mol. The van der Waals surface area contributed by atoms with Crippen molar-refractivity contribution in [1.29, 1.82) is 0 Å². The number of ether oxygens (including phenoxy) is 1. The first-order valence-electron chi connectivity index (χ1n) is 12.0. The Morgan fingerprint density at radius 1 is 0.727 bits per heavy atom. The van der Waals surface area contributed by atoms with Gasteiger partial charge in [0.15, 0.2) is 5.54 Å². The number of halogens is 1. The van der Waals surface area contributed by atoms with Crippen LogP contribution >= 0.6 is 11.6 Å². The molecule has 2 heterocycles. The van der Waals surface area contributed by atoms with Crippen molar-refractivity contribution in [2.75, 3.05) is 0 Å².